The summed E-state index contributed by atoms with van der Waals surface area (Å²) in [4.78, 5) is 39.8. The molecule has 2 heterocycles. The molecule has 13 nitrogen and oxygen atoms in total. The standard InChI is InChI=1S/C21H26N6O7.ClH/c28-18(16-11-17(27-34-16)32-10-4-7-22-20-23-8-9-24-20)25-12-15(19(29)30)26-21(31)33-13-14-5-2-1-3-6-14;/h1-3,5-6,11,15H,4,7-10,12-13H2,(H,25,28)(H,26,31)(H,29,30)(H2,22,23,24);1H. The molecule has 0 saturated heterocycles. The Hall–Kier alpha value is -4.00. The van der Waals surface area contributed by atoms with Gasteiger partial charge in [-0.1, -0.05) is 30.3 Å². The number of aliphatic imine (C=N–C) groups is 1. The summed E-state index contributed by atoms with van der Waals surface area (Å²) in [5.41, 5.74) is 0.748. The van der Waals surface area contributed by atoms with Crippen molar-refractivity contribution in [3.8, 4) is 5.88 Å². The molecule has 0 radical (unpaired) electrons. The molecular formula is C21H27ClN6O7. The summed E-state index contributed by atoms with van der Waals surface area (Å²) < 4.78 is 15.4. The van der Waals surface area contributed by atoms with Gasteiger partial charge in [-0.25, -0.2) is 9.59 Å². The number of aromatic nitrogens is 1. The van der Waals surface area contributed by atoms with E-state index in [4.69, 9.17) is 14.0 Å². The Morgan fingerprint density at radius 3 is 2.74 bits per heavy atom. The first-order valence-corrected chi connectivity index (χ1v) is 10.6. The second kappa shape index (κ2) is 14.3. The minimum absolute atomic E-state index is 0. The monoisotopic (exact) mass is 510 g/mol. The summed E-state index contributed by atoms with van der Waals surface area (Å²) in [5.74, 6) is -1.32. The Labute approximate surface area is 207 Å². The highest BCUT2D eigenvalue weighted by Gasteiger charge is 2.23. The Morgan fingerprint density at radius 2 is 2.03 bits per heavy atom. The highest BCUT2D eigenvalue weighted by Crippen LogP contribution is 2.11. The predicted molar refractivity (Wildman–Crippen MR) is 126 cm³/mol. The molecule has 1 aliphatic rings. The lowest BCUT2D eigenvalue weighted by Gasteiger charge is -2.15. The van der Waals surface area contributed by atoms with Crippen LogP contribution < -0.4 is 26.0 Å². The van der Waals surface area contributed by atoms with E-state index in [1.807, 2.05) is 6.07 Å². The molecule has 0 bridgehead atoms. The zero-order valence-corrected chi connectivity index (χ0v) is 19.5. The van der Waals surface area contributed by atoms with E-state index in [1.54, 1.807) is 24.3 Å². The molecule has 3 rings (SSSR count). The van der Waals surface area contributed by atoms with Gasteiger partial charge in [0.2, 0.25) is 5.76 Å². The lowest BCUT2D eigenvalue weighted by molar-refractivity contribution is -0.139. The van der Waals surface area contributed by atoms with Gasteiger partial charge in [0.1, 0.15) is 12.6 Å². The van der Waals surface area contributed by atoms with Gasteiger partial charge in [-0.15, -0.1) is 12.4 Å². The number of guanidine groups is 1. The lowest BCUT2D eigenvalue weighted by Crippen LogP contribution is -2.48. The molecule has 0 aliphatic carbocycles. The average molecular weight is 511 g/mol. The fourth-order valence-electron chi connectivity index (χ4n) is 2.80. The predicted octanol–water partition coefficient (Wildman–Crippen LogP) is 0.524. The van der Waals surface area contributed by atoms with Gasteiger partial charge in [-0.2, -0.15) is 0 Å². The largest absolute Gasteiger partial charge is 0.480 e. The average Bonchev–Trinajstić information content (AvgIpc) is 3.53. The second-order valence-electron chi connectivity index (χ2n) is 7.12. The zero-order chi connectivity index (χ0) is 24.2. The fourth-order valence-corrected chi connectivity index (χ4v) is 2.80. The molecule has 1 unspecified atom stereocenters. The SMILES string of the molecule is Cl.O=C(NC(CNC(=O)c1cc(OCCCNC2=NCCN2)no1)C(=O)O)OCc1ccccc1. The first-order valence-electron chi connectivity index (χ1n) is 10.6. The highest BCUT2D eigenvalue weighted by atomic mass is 35.5. The molecule has 1 atom stereocenters. The summed E-state index contributed by atoms with van der Waals surface area (Å²) >= 11 is 0. The molecule has 1 aliphatic heterocycles. The molecule has 5 N–H and O–H groups in total. The van der Waals surface area contributed by atoms with Gasteiger partial charge in [-0.05, 0) is 17.1 Å². The Morgan fingerprint density at radius 1 is 1.23 bits per heavy atom. The van der Waals surface area contributed by atoms with Crippen LogP contribution in [0, 0.1) is 0 Å². The van der Waals surface area contributed by atoms with Gasteiger partial charge in [0.15, 0.2) is 5.96 Å². The molecule has 0 spiro atoms. The number of hydrogen-bond acceptors (Lipinski definition) is 10. The minimum Gasteiger partial charge on any atom is -0.480 e. The number of carbonyl (C=O) groups excluding carboxylic acids is 2. The maximum absolute atomic E-state index is 12.2. The van der Waals surface area contributed by atoms with Crippen LogP contribution in [-0.4, -0.2) is 73.0 Å². The van der Waals surface area contributed by atoms with Crippen LogP contribution in [0.5, 0.6) is 5.88 Å². The van der Waals surface area contributed by atoms with Gasteiger partial charge in [0, 0.05) is 19.6 Å². The van der Waals surface area contributed by atoms with E-state index < -0.39 is 30.6 Å². The number of halogens is 1. The molecule has 14 heteroatoms. The number of carboxylic acid groups (broad SMARTS) is 1. The highest BCUT2D eigenvalue weighted by molar-refractivity contribution is 5.92. The summed E-state index contributed by atoms with van der Waals surface area (Å²) in [6.45, 7) is 2.15. The summed E-state index contributed by atoms with van der Waals surface area (Å²) in [6.07, 6.45) is -0.257. The van der Waals surface area contributed by atoms with Crippen molar-refractivity contribution >= 4 is 36.3 Å². The van der Waals surface area contributed by atoms with Crippen LogP contribution in [0.15, 0.2) is 45.9 Å². The van der Waals surface area contributed by atoms with E-state index in [2.05, 4.69) is 31.4 Å². The third-order valence-corrected chi connectivity index (χ3v) is 4.52. The molecule has 2 amide bonds. The van der Waals surface area contributed by atoms with Crippen molar-refractivity contribution in [2.24, 2.45) is 4.99 Å². The van der Waals surface area contributed by atoms with Crippen molar-refractivity contribution in [3.63, 3.8) is 0 Å². The Balaban J connectivity index is 0.00000432. The fraction of sp³-hybridized carbons (Fsp3) is 0.381. The number of ether oxygens (including phenoxy) is 2. The van der Waals surface area contributed by atoms with E-state index in [-0.39, 0.29) is 30.7 Å². The van der Waals surface area contributed by atoms with Crippen molar-refractivity contribution in [3.05, 3.63) is 47.7 Å². The van der Waals surface area contributed by atoms with Gasteiger partial charge in [0.05, 0.1) is 19.2 Å². The topological polar surface area (TPSA) is 176 Å². The van der Waals surface area contributed by atoms with Gasteiger partial charge in [-0.3, -0.25) is 9.79 Å². The van der Waals surface area contributed by atoms with Crippen molar-refractivity contribution in [1.29, 1.82) is 0 Å². The third kappa shape index (κ3) is 9.41. The van der Waals surface area contributed by atoms with E-state index in [1.165, 1.54) is 6.07 Å². The Kier molecular flexibility index (Phi) is 11.1. The Bertz CT molecular complexity index is 1000. The summed E-state index contributed by atoms with van der Waals surface area (Å²) in [6, 6.07) is 8.80. The van der Waals surface area contributed by atoms with E-state index in [0.29, 0.717) is 19.6 Å². The number of nitrogens with one attached hydrogen (secondary N) is 4. The second-order valence-corrected chi connectivity index (χ2v) is 7.12. The number of amides is 2. The first-order chi connectivity index (χ1) is 16.5. The molecular weight excluding hydrogens is 484 g/mol. The third-order valence-electron chi connectivity index (χ3n) is 4.52. The number of carbonyl (C=O) groups is 3. The summed E-state index contributed by atoms with van der Waals surface area (Å²) in [7, 11) is 0. The number of rotatable bonds is 12. The van der Waals surface area contributed by atoms with Crippen LogP contribution in [-0.2, 0) is 16.1 Å². The number of nitrogens with zero attached hydrogens (tertiary/aromatic N) is 2. The molecule has 0 fully saturated rings. The molecule has 0 saturated carbocycles. The van der Waals surface area contributed by atoms with Crippen LogP contribution in [0.2, 0.25) is 0 Å². The smallest absolute Gasteiger partial charge is 0.408 e. The van der Waals surface area contributed by atoms with Crippen LogP contribution in [0.4, 0.5) is 4.79 Å². The van der Waals surface area contributed by atoms with E-state index in [9.17, 15) is 19.5 Å². The van der Waals surface area contributed by atoms with Crippen molar-refractivity contribution < 1.29 is 33.5 Å². The van der Waals surface area contributed by atoms with Crippen molar-refractivity contribution in [1.82, 2.24) is 26.4 Å². The number of benzene rings is 1. The molecule has 35 heavy (non-hydrogen) atoms. The van der Waals surface area contributed by atoms with Gasteiger partial charge >= 0.3 is 12.1 Å². The molecule has 190 valence electrons. The maximum atomic E-state index is 12.2. The molecule has 1 aromatic carbocycles. The first kappa shape index (κ1) is 27.2. The van der Waals surface area contributed by atoms with Crippen LogP contribution in [0.1, 0.15) is 22.5 Å². The number of alkyl carbamates (subject to hydrolysis) is 1. The molecule has 2 aromatic rings. The van der Waals surface area contributed by atoms with Crippen molar-refractivity contribution in [2.75, 3.05) is 32.8 Å². The van der Waals surface area contributed by atoms with Gasteiger partial charge in [0.25, 0.3) is 11.8 Å². The normalized spacial score (nSPS) is 12.9. The summed E-state index contributed by atoms with van der Waals surface area (Å²) in [5, 5.41) is 23.7. The lowest BCUT2D eigenvalue weighted by atomic mass is 10.2. The van der Waals surface area contributed by atoms with Crippen LogP contribution >= 0.6 is 12.4 Å². The van der Waals surface area contributed by atoms with Gasteiger partial charge < -0.3 is 40.4 Å². The number of aliphatic carboxylic acids is 1. The maximum Gasteiger partial charge on any atom is 0.408 e. The number of carboxylic acids is 1. The van der Waals surface area contributed by atoms with Crippen LogP contribution in [0.3, 0.4) is 0 Å². The van der Waals surface area contributed by atoms with Crippen LogP contribution in [0.25, 0.3) is 0 Å². The number of hydrogen-bond donors (Lipinski definition) is 5. The van der Waals surface area contributed by atoms with Crippen molar-refractivity contribution in [2.45, 2.75) is 19.1 Å². The van der Waals surface area contributed by atoms with E-state index >= 15 is 0 Å². The molecule has 1 aromatic heterocycles. The minimum atomic E-state index is -1.41. The zero-order valence-electron chi connectivity index (χ0n) is 18.7. The van der Waals surface area contributed by atoms with E-state index in [0.717, 1.165) is 24.6 Å². The quantitative estimate of drug-likeness (QED) is 0.253.